The van der Waals surface area contributed by atoms with Crippen LogP contribution in [0, 0.1) is 20.8 Å². The molecule has 0 aliphatic heterocycles. The number of nitrogens with one attached hydrogen (secondary N) is 1. The van der Waals surface area contributed by atoms with Gasteiger partial charge in [-0.05, 0) is 63.3 Å². The molecular formula is C28H39N3O4S. The molecule has 0 spiro atoms. The van der Waals surface area contributed by atoms with Crippen molar-refractivity contribution < 1.29 is 18.0 Å². The second kappa shape index (κ2) is 11.9. The summed E-state index contributed by atoms with van der Waals surface area (Å²) < 4.78 is 26.7. The average Bonchev–Trinajstić information content (AvgIpc) is 2.82. The fraction of sp³-hybridized carbons (Fsp3) is 0.500. The van der Waals surface area contributed by atoms with E-state index in [1.165, 1.54) is 11.3 Å². The molecule has 1 atom stereocenters. The molecule has 2 amide bonds. The van der Waals surface area contributed by atoms with Gasteiger partial charge in [0, 0.05) is 12.6 Å². The summed E-state index contributed by atoms with van der Waals surface area (Å²) in [6, 6.07) is 12.5. The van der Waals surface area contributed by atoms with Crippen LogP contribution < -0.4 is 9.62 Å². The maximum atomic E-state index is 13.7. The zero-order valence-corrected chi connectivity index (χ0v) is 22.9. The summed E-state index contributed by atoms with van der Waals surface area (Å²) in [5, 5.41) is 3.12. The van der Waals surface area contributed by atoms with Crippen molar-refractivity contribution in [2.75, 3.05) is 17.1 Å². The van der Waals surface area contributed by atoms with Crippen LogP contribution in [-0.4, -0.2) is 50.0 Å². The summed E-state index contributed by atoms with van der Waals surface area (Å²) in [6.45, 7) is 7.27. The van der Waals surface area contributed by atoms with E-state index in [0.717, 1.165) is 58.5 Å². The number of hydrogen-bond acceptors (Lipinski definition) is 4. The minimum Gasteiger partial charge on any atom is -0.352 e. The van der Waals surface area contributed by atoms with E-state index in [-0.39, 0.29) is 25.0 Å². The van der Waals surface area contributed by atoms with Gasteiger partial charge in [0.1, 0.15) is 12.6 Å². The lowest BCUT2D eigenvalue weighted by atomic mass is 9.95. The van der Waals surface area contributed by atoms with Crippen molar-refractivity contribution in [3.63, 3.8) is 0 Å². The molecule has 196 valence electrons. The van der Waals surface area contributed by atoms with Gasteiger partial charge in [-0.25, -0.2) is 8.42 Å². The van der Waals surface area contributed by atoms with Crippen LogP contribution in [0.1, 0.15) is 61.3 Å². The summed E-state index contributed by atoms with van der Waals surface area (Å²) in [5.41, 5.74) is 4.14. The van der Waals surface area contributed by atoms with Crippen LogP contribution in [0.15, 0.2) is 42.5 Å². The lowest BCUT2D eigenvalue weighted by Crippen LogP contribution is -2.53. The fourth-order valence-corrected chi connectivity index (χ4v) is 5.66. The highest BCUT2D eigenvalue weighted by Gasteiger charge is 2.31. The zero-order chi connectivity index (χ0) is 26.5. The number of rotatable bonds is 9. The van der Waals surface area contributed by atoms with Gasteiger partial charge in [-0.15, -0.1) is 0 Å². The fourth-order valence-electron chi connectivity index (χ4n) is 4.76. The minimum atomic E-state index is -3.75. The Hall–Kier alpha value is -2.87. The third kappa shape index (κ3) is 7.09. The van der Waals surface area contributed by atoms with Crippen LogP contribution in [0.2, 0.25) is 0 Å². The Morgan fingerprint density at radius 1 is 1.03 bits per heavy atom. The quantitative estimate of drug-likeness (QED) is 0.543. The number of amides is 2. The molecule has 0 heterocycles. The topological polar surface area (TPSA) is 86.8 Å². The largest absolute Gasteiger partial charge is 0.352 e. The number of aryl methyl sites for hydroxylation is 2. The standard InChI is InChI=1S/C28H39N3O4S/c1-20-11-9-13-24(17-20)18-30(23(4)28(33)29-25-14-7-6-8-15-25)27(32)19-31(36(5,34)35)26-16-10-12-21(2)22(26)3/h9-13,16-17,23,25H,6-8,14-15,18-19H2,1-5H3,(H,29,33)/t23-/m1/s1. The number of nitrogens with zero attached hydrogens (tertiary/aromatic N) is 2. The molecule has 1 saturated carbocycles. The van der Waals surface area contributed by atoms with Crippen LogP contribution >= 0.6 is 0 Å². The lowest BCUT2D eigenvalue weighted by molar-refractivity contribution is -0.139. The van der Waals surface area contributed by atoms with E-state index in [1.54, 1.807) is 19.1 Å². The Bertz CT molecular complexity index is 1190. The number of anilines is 1. The number of carbonyl (C=O) groups excluding carboxylic acids is 2. The molecule has 2 aromatic rings. The summed E-state index contributed by atoms with van der Waals surface area (Å²) >= 11 is 0. The van der Waals surface area contributed by atoms with Crippen molar-refractivity contribution in [3.8, 4) is 0 Å². The van der Waals surface area contributed by atoms with Crippen LogP contribution in [0.25, 0.3) is 0 Å². The van der Waals surface area contributed by atoms with E-state index in [1.807, 2.05) is 51.1 Å². The smallest absolute Gasteiger partial charge is 0.244 e. The van der Waals surface area contributed by atoms with Gasteiger partial charge in [0.25, 0.3) is 0 Å². The average molecular weight is 514 g/mol. The molecule has 8 heteroatoms. The van der Waals surface area contributed by atoms with Crippen molar-refractivity contribution in [1.82, 2.24) is 10.2 Å². The molecule has 1 aliphatic rings. The minimum absolute atomic E-state index is 0.118. The van der Waals surface area contributed by atoms with Gasteiger partial charge in [0.2, 0.25) is 21.8 Å². The van der Waals surface area contributed by atoms with Crippen molar-refractivity contribution in [2.24, 2.45) is 0 Å². The molecule has 2 aromatic carbocycles. The van der Waals surface area contributed by atoms with E-state index in [0.29, 0.717) is 5.69 Å². The van der Waals surface area contributed by atoms with Gasteiger partial charge < -0.3 is 10.2 Å². The van der Waals surface area contributed by atoms with Gasteiger partial charge in [0.15, 0.2) is 0 Å². The molecule has 36 heavy (non-hydrogen) atoms. The maximum absolute atomic E-state index is 13.7. The van der Waals surface area contributed by atoms with E-state index in [2.05, 4.69) is 5.32 Å². The summed E-state index contributed by atoms with van der Waals surface area (Å²) in [7, 11) is -3.75. The first-order valence-electron chi connectivity index (χ1n) is 12.7. The predicted molar refractivity (Wildman–Crippen MR) is 144 cm³/mol. The summed E-state index contributed by atoms with van der Waals surface area (Å²) in [4.78, 5) is 28.5. The maximum Gasteiger partial charge on any atom is 0.244 e. The van der Waals surface area contributed by atoms with Crippen molar-refractivity contribution in [2.45, 2.75) is 78.4 Å². The van der Waals surface area contributed by atoms with Crippen molar-refractivity contribution >= 4 is 27.5 Å². The van der Waals surface area contributed by atoms with Crippen LogP contribution in [-0.2, 0) is 26.2 Å². The Morgan fingerprint density at radius 3 is 2.33 bits per heavy atom. The molecule has 0 saturated heterocycles. The van der Waals surface area contributed by atoms with Gasteiger partial charge in [0.05, 0.1) is 11.9 Å². The Kier molecular flexibility index (Phi) is 9.17. The first-order valence-corrected chi connectivity index (χ1v) is 14.5. The molecule has 0 bridgehead atoms. The molecular weight excluding hydrogens is 474 g/mol. The number of hydrogen-bond donors (Lipinski definition) is 1. The number of carbonyl (C=O) groups is 2. The second-order valence-corrected chi connectivity index (χ2v) is 11.9. The SMILES string of the molecule is Cc1cccc(CN(C(=O)CN(c2cccc(C)c2C)S(C)(=O)=O)[C@H](C)C(=O)NC2CCCCC2)c1. The van der Waals surface area contributed by atoms with E-state index >= 15 is 0 Å². The monoisotopic (exact) mass is 513 g/mol. The van der Waals surface area contributed by atoms with Crippen LogP contribution in [0.3, 0.4) is 0 Å². The second-order valence-electron chi connectivity index (χ2n) is 10.0. The lowest BCUT2D eigenvalue weighted by Gasteiger charge is -2.33. The van der Waals surface area contributed by atoms with E-state index in [9.17, 15) is 18.0 Å². The normalized spacial score (nSPS) is 15.2. The first kappa shape index (κ1) is 27.7. The Morgan fingerprint density at radius 2 is 1.69 bits per heavy atom. The molecule has 1 N–H and O–H groups in total. The molecule has 0 aromatic heterocycles. The Balaban J connectivity index is 1.90. The zero-order valence-electron chi connectivity index (χ0n) is 22.1. The highest BCUT2D eigenvalue weighted by molar-refractivity contribution is 7.92. The first-order chi connectivity index (χ1) is 17.0. The molecule has 0 radical (unpaired) electrons. The molecule has 7 nitrogen and oxygen atoms in total. The van der Waals surface area contributed by atoms with Gasteiger partial charge in [-0.1, -0.05) is 61.2 Å². The van der Waals surface area contributed by atoms with E-state index < -0.39 is 22.0 Å². The van der Waals surface area contributed by atoms with Gasteiger partial charge in [-0.2, -0.15) is 0 Å². The summed E-state index contributed by atoms with van der Waals surface area (Å²) in [5.74, 6) is -0.630. The predicted octanol–water partition coefficient (Wildman–Crippen LogP) is 4.24. The highest BCUT2D eigenvalue weighted by atomic mass is 32.2. The highest BCUT2D eigenvalue weighted by Crippen LogP contribution is 2.25. The molecule has 1 fully saturated rings. The van der Waals surface area contributed by atoms with Crippen molar-refractivity contribution in [3.05, 3.63) is 64.7 Å². The summed E-state index contributed by atoms with van der Waals surface area (Å²) in [6.07, 6.45) is 6.35. The van der Waals surface area contributed by atoms with E-state index in [4.69, 9.17) is 0 Å². The molecule has 1 aliphatic carbocycles. The third-order valence-corrected chi connectivity index (χ3v) is 8.20. The van der Waals surface area contributed by atoms with Crippen LogP contribution in [0.5, 0.6) is 0 Å². The van der Waals surface area contributed by atoms with Crippen LogP contribution in [0.4, 0.5) is 5.69 Å². The van der Waals surface area contributed by atoms with Gasteiger partial charge >= 0.3 is 0 Å². The van der Waals surface area contributed by atoms with Gasteiger partial charge in [-0.3, -0.25) is 13.9 Å². The third-order valence-electron chi connectivity index (χ3n) is 7.08. The number of sulfonamides is 1. The molecule has 3 rings (SSSR count). The number of benzene rings is 2. The Labute approximate surface area is 215 Å². The molecule has 0 unspecified atom stereocenters. The van der Waals surface area contributed by atoms with Crippen molar-refractivity contribution in [1.29, 1.82) is 0 Å².